The summed E-state index contributed by atoms with van der Waals surface area (Å²) in [5, 5.41) is 3.09. The zero-order valence-electron chi connectivity index (χ0n) is 12.2. The fourth-order valence-electron chi connectivity index (χ4n) is 2.04. The van der Waals surface area contributed by atoms with Gasteiger partial charge in [-0.25, -0.2) is 4.39 Å². The Hall–Kier alpha value is -1.78. The first-order valence-corrected chi connectivity index (χ1v) is 6.88. The molecule has 0 aromatic heterocycles. The molecule has 0 amide bonds. The number of benzene rings is 2. The van der Waals surface area contributed by atoms with Gasteiger partial charge in [0.25, 0.3) is 0 Å². The second-order valence-electron chi connectivity index (χ2n) is 4.59. The normalized spacial score (nSPS) is 10.5. The lowest BCUT2D eigenvalue weighted by atomic mass is 10.1. The molecular formula is C16H17ClFNO2. The van der Waals surface area contributed by atoms with Crippen LogP contribution in [0.1, 0.15) is 11.1 Å². The van der Waals surface area contributed by atoms with Gasteiger partial charge in [0.2, 0.25) is 0 Å². The summed E-state index contributed by atoms with van der Waals surface area (Å²) >= 11 is 5.83. The molecule has 0 unspecified atom stereocenters. The van der Waals surface area contributed by atoms with Crippen LogP contribution in [0.25, 0.3) is 0 Å². The van der Waals surface area contributed by atoms with E-state index in [0.717, 1.165) is 16.9 Å². The monoisotopic (exact) mass is 309 g/mol. The van der Waals surface area contributed by atoms with Gasteiger partial charge < -0.3 is 14.8 Å². The zero-order valence-corrected chi connectivity index (χ0v) is 12.9. The van der Waals surface area contributed by atoms with Gasteiger partial charge in [-0.3, -0.25) is 0 Å². The van der Waals surface area contributed by atoms with Crippen molar-refractivity contribution in [2.75, 3.05) is 14.2 Å². The summed E-state index contributed by atoms with van der Waals surface area (Å²) in [6, 6.07) is 8.35. The van der Waals surface area contributed by atoms with Gasteiger partial charge >= 0.3 is 0 Å². The molecule has 21 heavy (non-hydrogen) atoms. The van der Waals surface area contributed by atoms with Gasteiger partial charge in [-0.05, 0) is 32.2 Å². The summed E-state index contributed by atoms with van der Waals surface area (Å²) in [7, 11) is 3.40. The molecule has 2 aromatic carbocycles. The Labute approximate surface area is 128 Å². The number of nitrogens with one attached hydrogen (secondary N) is 1. The first-order valence-electron chi connectivity index (χ1n) is 6.50. The maximum Gasteiger partial charge on any atom is 0.145 e. The topological polar surface area (TPSA) is 30.5 Å². The molecule has 2 rings (SSSR count). The largest absolute Gasteiger partial charge is 0.496 e. The fourth-order valence-corrected chi connectivity index (χ4v) is 2.22. The predicted octanol–water partition coefficient (Wildman–Crippen LogP) is 4.31. The first kappa shape index (κ1) is 15.6. The number of hydrogen-bond donors (Lipinski definition) is 1. The quantitative estimate of drug-likeness (QED) is 0.893. The number of methoxy groups -OCH3 is 1. The van der Waals surface area contributed by atoms with E-state index < -0.39 is 5.82 Å². The Morgan fingerprint density at radius 1 is 1.19 bits per heavy atom. The van der Waals surface area contributed by atoms with Crippen LogP contribution in [0.5, 0.6) is 17.2 Å². The van der Waals surface area contributed by atoms with E-state index in [1.807, 2.05) is 25.1 Å². The van der Waals surface area contributed by atoms with Gasteiger partial charge in [-0.2, -0.15) is 0 Å². The fraction of sp³-hybridized carbons (Fsp3) is 0.250. The second-order valence-corrected chi connectivity index (χ2v) is 5.00. The molecule has 0 bridgehead atoms. The Morgan fingerprint density at radius 2 is 1.90 bits per heavy atom. The average molecular weight is 310 g/mol. The summed E-state index contributed by atoms with van der Waals surface area (Å²) in [6.07, 6.45) is 0. The molecular weight excluding hydrogens is 293 g/mol. The highest BCUT2D eigenvalue weighted by atomic mass is 35.5. The molecule has 2 aromatic rings. The van der Waals surface area contributed by atoms with Crippen LogP contribution in [-0.4, -0.2) is 14.2 Å². The molecule has 0 saturated heterocycles. The van der Waals surface area contributed by atoms with Crippen molar-refractivity contribution >= 4 is 11.6 Å². The summed E-state index contributed by atoms with van der Waals surface area (Å²) < 4.78 is 24.8. The summed E-state index contributed by atoms with van der Waals surface area (Å²) in [6.45, 7) is 2.41. The average Bonchev–Trinajstić information content (AvgIpc) is 2.46. The van der Waals surface area contributed by atoms with Crippen molar-refractivity contribution in [3.63, 3.8) is 0 Å². The van der Waals surface area contributed by atoms with Crippen LogP contribution in [0.15, 0.2) is 30.3 Å². The highest BCUT2D eigenvalue weighted by Gasteiger charge is 2.13. The van der Waals surface area contributed by atoms with Crippen LogP contribution in [-0.2, 0) is 6.54 Å². The molecule has 0 radical (unpaired) electrons. The minimum absolute atomic E-state index is 0.0787. The summed E-state index contributed by atoms with van der Waals surface area (Å²) in [4.78, 5) is 0. The van der Waals surface area contributed by atoms with E-state index >= 15 is 0 Å². The van der Waals surface area contributed by atoms with Gasteiger partial charge in [0.1, 0.15) is 23.1 Å². The Bertz CT molecular complexity index is 646. The van der Waals surface area contributed by atoms with Gasteiger partial charge in [-0.15, -0.1) is 0 Å². The third-order valence-electron chi connectivity index (χ3n) is 3.14. The van der Waals surface area contributed by atoms with E-state index in [4.69, 9.17) is 21.1 Å². The number of rotatable bonds is 5. The molecule has 0 fully saturated rings. The molecule has 0 spiro atoms. The van der Waals surface area contributed by atoms with Crippen LogP contribution in [0.3, 0.4) is 0 Å². The van der Waals surface area contributed by atoms with Gasteiger partial charge in [0.15, 0.2) is 0 Å². The van der Waals surface area contributed by atoms with Crippen LogP contribution in [0.2, 0.25) is 5.02 Å². The second kappa shape index (κ2) is 6.78. The van der Waals surface area contributed by atoms with Crippen molar-refractivity contribution in [1.29, 1.82) is 0 Å². The van der Waals surface area contributed by atoms with Gasteiger partial charge in [-0.1, -0.05) is 17.7 Å². The Balaban J connectivity index is 2.41. The highest BCUT2D eigenvalue weighted by Crippen LogP contribution is 2.34. The molecule has 0 aliphatic heterocycles. The minimum Gasteiger partial charge on any atom is -0.496 e. The molecule has 0 saturated carbocycles. The zero-order chi connectivity index (χ0) is 15.4. The van der Waals surface area contributed by atoms with Crippen molar-refractivity contribution in [1.82, 2.24) is 5.32 Å². The number of hydrogen-bond acceptors (Lipinski definition) is 3. The smallest absolute Gasteiger partial charge is 0.145 e. The lowest BCUT2D eigenvalue weighted by Crippen LogP contribution is -2.07. The number of ether oxygens (including phenoxy) is 2. The molecule has 5 heteroatoms. The molecule has 0 aliphatic carbocycles. The standard InChI is InChI=1S/C16H17ClFNO2/c1-10-14(20-3)5-4-6-15(10)21-16-8-13(18)12(17)7-11(16)9-19-2/h4-8,19H,9H2,1-3H3. The van der Waals surface area contributed by atoms with E-state index in [2.05, 4.69) is 5.32 Å². The highest BCUT2D eigenvalue weighted by molar-refractivity contribution is 6.30. The van der Waals surface area contributed by atoms with Crippen LogP contribution in [0, 0.1) is 12.7 Å². The van der Waals surface area contributed by atoms with E-state index in [1.54, 1.807) is 20.2 Å². The molecule has 1 N–H and O–H groups in total. The molecule has 0 atom stereocenters. The third kappa shape index (κ3) is 3.46. The van der Waals surface area contributed by atoms with E-state index in [1.165, 1.54) is 6.07 Å². The van der Waals surface area contributed by atoms with E-state index in [-0.39, 0.29) is 5.02 Å². The third-order valence-corrected chi connectivity index (χ3v) is 3.43. The molecule has 112 valence electrons. The van der Waals surface area contributed by atoms with E-state index in [9.17, 15) is 4.39 Å². The SMILES string of the molecule is CNCc1cc(Cl)c(F)cc1Oc1cccc(OC)c1C. The molecule has 0 aliphatic rings. The maximum absolute atomic E-state index is 13.7. The minimum atomic E-state index is -0.507. The molecule has 3 nitrogen and oxygen atoms in total. The first-order chi connectivity index (χ1) is 10.1. The lowest BCUT2D eigenvalue weighted by Gasteiger charge is -2.15. The van der Waals surface area contributed by atoms with E-state index in [0.29, 0.717) is 18.0 Å². The van der Waals surface area contributed by atoms with Crippen molar-refractivity contribution < 1.29 is 13.9 Å². The van der Waals surface area contributed by atoms with Crippen molar-refractivity contribution in [2.24, 2.45) is 0 Å². The maximum atomic E-state index is 13.7. The van der Waals surface area contributed by atoms with Gasteiger partial charge in [0.05, 0.1) is 12.1 Å². The van der Waals surface area contributed by atoms with Crippen molar-refractivity contribution in [3.05, 3.63) is 52.3 Å². The van der Waals surface area contributed by atoms with Crippen molar-refractivity contribution in [2.45, 2.75) is 13.5 Å². The summed E-state index contributed by atoms with van der Waals surface area (Å²) in [5.74, 6) is 1.26. The van der Waals surface area contributed by atoms with Crippen molar-refractivity contribution in [3.8, 4) is 17.2 Å². The van der Waals surface area contributed by atoms with Crippen LogP contribution >= 0.6 is 11.6 Å². The lowest BCUT2D eigenvalue weighted by molar-refractivity contribution is 0.403. The Morgan fingerprint density at radius 3 is 2.57 bits per heavy atom. The Kier molecular flexibility index (Phi) is 5.04. The van der Waals surface area contributed by atoms with Crippen LogP contribution in [0.4, 0.5) is 4.39 Å². The predicted molar refractivity (Wildman–Crippen MR) is 82.0 cm³/mol. The van der Waals surface area contributed by atoms with Crippen LogP contribution < -0.4 is 14.8 Å². The number of halogens is 2. The van der Waals surface area contributed by atoms with Gasteiger partial charge in [0, 0.05) is 23.7 Å². The summed E-state index contributed by atoms with van der Waals surface area (Å²) in [5.41, 5.74) is 1.64. The molecule has 0 heterocycles.